The van der Waals surface area contributed by atoms with Crippen molar-refractivity contribution in [3.05, 3.63) is 28.7 Å². The molecule has 0 saturated carbocycles. The number of carbonyl (C=O) groups is 2. The molecule has 7 heteroatoms. The predicted molar refractivity (Wildman–Crippen MR) is 57.7 cm³/mol. The van der Waals surface area contributed by atoms with Crippen molar-refractivity contribution >= 4 is 11.9 Å². The fourth-order valence-corrected chi connectivity index (χ4v) is 1.17. The van der Waals surface area contributed by atoms with Gasteiger partial charge in [-0.3, -0.25) is 14.2 Å². The van der Waals surface area contributed by atoms with Gasteiger partial charge < -0.3 is 15.6 Å². The SMILES string of the molecule is CC(C(=O)O)n1cccc(OCC(N)=O)c1=O. The van der Waals surface area contributed by atoms with Crippen LogP contribution in [0.15, 0.2) is 23.1 Å². The van der Waals surface area contributed by atoms with Gasteiger partial charge in [0.2, 0.25) is 0 Å². The molecule has 0 saturated heterocycles. The normalized spacial score (nSPS) is 11.8. The highest BCUT2D eigenvalue weighted by atomic mass is 16.5. The number of amides is 1. The fourth-order valence-electron chi connectivity index (χ4n) is 1.17. The van der Waals surface area contributed by atoms with Crippen LogP contribution in [-0.2, 0) is 9.59 Å². The van der Waals surface area contributed by atoms with Gasteiger partial charge in [0.25, 0.3) is 11.5 Å². The van der Waals surface area contributed by atoms with Crippen LogP contribution in [0, 0.1) is 0 Å². The first-order valence-corrected chi connectivity index (χ1v) is 4.78. The minimum atomic E-state index is -1.14. The number of carboxylic acids is 1. The molecule has 1 amide bonds. The first-order chi connectivity index (χ1) is 7.93. The average molecular weight is 240 g/mol. The summed E-state index contributed by atoms with van der Waals surface area (Å²) in [6.07, 6.45) is 1.33. The van der Waals surface area contributed by atoms with Crippen molar-refractivity contribution in [2.24, 2.45) is 5.73 Å². The maximum absolute atomic E-state index is 11.7. The lowest BCUT2D eigenvalue weighted by atomic mass is 10.3. The van der Waals surface area contributed by atoms with E-state index in [4.69, 9.17) is 15.6 Å². The van der Waals surface area contributed by atoms with E-state index in [0.717, 1.165) is 4.57 Å². The minimum Gasteiger partial charge on any atom is -0.480 e. The van der Waals surface area contributed by atoms with Gasteiger partial charge in [-0.15, -0.1) is 0 Å². The van der Waals surface area contributed by atoms with Gasteiger partial charge in [0.1, 0.15) is 6.04 Å². The molecule has 0 aliphatic carbocycles. The summed E-state index contributed by atoms with van der Waals surface area (Å²) >= 11 is 0. The van der Waals surface area contributed by atoms with E-state index in [2.05, 4.69) is 0 Å². The molecule has 0 radical (unpaired) electrons. The van der Waals surface area contributed by atoms with Crippen LogP contribution in [0.5, 0.6) is 5.75 Å². The molecule has 1 unspecified atom stereocenters. The zero-order valence-electron chi connectivity index (χ0n) is 9.12. The van der Waals surface area contributed by atoms with Crippen LogP contribution in [-0.4, -0.2) is 28.2 Å². The topological polar surface area (TPSA) is 112 Å². The minimum absolute atomic E-state index is 0.112. The summed E-state index contributed by atoms with van der Waals surface area (Å²) in [6.45, 7) is 0.933. The molecule has 0 aliphatic rings. The lowest BCUT2D eigenvalue weighted by Crippen LogP contribution is -2.29. The Morgan fingerprint density at radius 2 is 2.24 bits per heavy atom. The first kappa shape index (κ1) is 12.8. The van der Waals surface area contributed by atoms with Crippen LogP contribution in [0.4, 0.5) is 0 Å². The van der Waals surface area contributed by atoms with Gasteiger partial charge in [0, 0.05) is 6.20 Å². The van der Waals surface area contributed by atoms with Crippen LogP contribution in [0.3, 0.4) is 0 Å². The fraction of sp³-hybridized carbons (Fsp3) is 0.300. The Kier molecular flexibility index (Phi) is 3.86. The van der Waals surface area contributed by atoms with Gasteiger partial charge in [-0.05, 0) is 19.1 Å². The monoisotopic (exact) mass is 240 g/mol. The lowest BCUT2D eigenvalue weighted by molar-refractivity contribution is -0.140. The smallest absolute Gasteiger partial charge is 0.326 e. The molecule has 1 rings (SSSR count). The third-order valence-corrected chi connectivity index (χ3v) is 2.08. The number of carbonyl (C=O) groups excluding carboxylic acids is 1. The Morgan fingerprint density at radius 3 is 2.76 bits per heavy atom. The van der Waals surface area contributed by atoms with Crippen LogP contribution in [0.25, 0.3) is 0 Å². The highest BCUT2D eigenvalue weighted by Gasteiger charge is 2.16. The number of pyridine rings is 1. The van der Waals surface area contributed by atoms with Gasteiger partial charge in [0.15, 0.2) is 12.4 Å². The molecule has 7 nitrogen and oxygen atoms in total. The number of rotatable bonds is 5. The van der Waals surface area contributed by atoms with Crippen molar-refractivity contribution in [2.75, 3.05) is 6.61 Å². The third kappa shape index (κ3) is 3.07. The van der Waals surface area contributed by atoms with Gasteiger partial charge in [-0.25, -0.2) is 4.79 Å². The second-order valence-corrected chi connectivity index (χ2v) is 3.35. The van der Waals surface area contributed by atoms with E-state index in [1.807, 2.05) is 0 Å². The molecule has 1 heterocycles. The molecule has 17 heavy (non-hydrogen) atoms. The number of primary amides is 1. The average Bonchev–Trinajstić information content (AvgIpc) is 2.26. The van der Waals surface area contributed by atoms with Crippen molar-refractivity contribution in [1.29, 1.82) is 0 Å². The zero-order valence-corrected chi connectivity index (χ0v) is 9.12. The van der Waals surface area contributed by atoms with Gasteiger partial charge in [-0.2, -0.15) is 0 Å². The van der Waals surface area contributed by atoms with E-state index in [1.165, 1.54) is 25.3 Å². The first-order valence-electron chi connectivity index (χ1n) is 4.78. The second kappa shape index (κ2) is 5.15. The molecule has 1 atom stereocenters. The van der Waals surface area contributed by atoms with Gasteiger partial charge >= 0.3 is 5.97 Å². The molecule has 0 aliphatic heterocycles. The molecule has 0 aromatic carbocycles. The van der Waals surface area contributed by atoms with Gasteiger partial charge in [-0.1, -0.05) is 0 Å². The van der Waals surface area contributed by atoms with E-state index in [1.54, 1.807) is 0 Å². The Bertz CT molecular complexity index is 494. The largest absolute Gasteiger partial charge is 0.480 e. The van der Waals surface area contributed by atoms with Crippen molar-refractivity contribution in [2.45, 2.75) is 13.0 Å². The summed E-state index contributed by atoms with van der Waals surface area (Å²) < 4.78 is 5.87. The number of aromatic nitrogens is 1. The molecule has 0 fully saturated rings. The Morgan fingerprint density at radius 1 is 1.59 bits per heavy atom. The van der Waals surface area contributed by atoms with Crippen LogP contribution in [0.2, 0.25) is 0 Å². The second-order valence-electron chi connectivity index (χ2n) is 3.35. The van der Waals surface area contributed by atoms with Crippen molar-refractivity contribution < 1.29 is 19.4 Å². The number of hydrogen-bond acceptors (Lipinski definition) is 4. The molecule has 1 aromatic rings. The highest BCUT2D eigenvalue weighted by molar-refractivity contribution is 5.75. The Hall–Kier alpha value is -2.31. The van der Waals surface area contributed by atoms with E-state index in [-0.39, 0.29) is 5.75 Å². The number of nitrogens with zero attached hydrogens (tertiary/aromatic N) is 1. The maximum Gasteiger partial charge on any atom is 0.326 e. The van der Waals surface area contributed by atoms with Crippen LogP contribution in [0.1, 0.15) is 13.0 Å². The van der Waals surface area contributed by atoms with Crippen LogP contribution >= 0.6 is 0 Å². The summed E-state index contributed by atoms with van der Waals surface area (Å²) in [5.74, 6) is -1.97. The summed E-state index contributed by atoms with van der Waals surface area (Å²) in [5, 5.41) is 8.79. The van der Waals surface area contributed by atoms with Crippen molar-refractivity contribution in [3.8, 4) is 5.75 Å². The number of ether oxygens (including phenoxy) is 1. The highest BCUT2D eigenvalue weighted by Crippen LogP contribution is 2.07. The number of aliphatic carboxylic acids is 1. The molecule has 1 aromatic heterocycles. The van der Waals surface area contributed by atoms with Crippen molar-refractivity contribution in [1.82, 2.24) is 4.57 Å². The van der Waals surface area contributed by atoms with Crippen molar-refractivity contribution in [3.63, 3.8) is 0 Å². The zero-order chi connectivity index (χ0) is 13.0. The van der Waals surface area contributed by atoms with E-state index < -0.39 is 30.1 Å². The number of hydrogen-bond donors (Lipinski definition) is 2. The Labute approximate surface area is 96.4 Å². The summed E-state index contributed by atoms with van der Waals surface area (Å²) in [4.78, 5) is 33.0. The summed E-state index contributed by atoms with van der Waals surface area (Å²) in [7, 11) is 0. The lowest BCUT2D eigenvalue weighted by Gasteiger charge is -2.11. The maximum atomic E-state index is 11.7. The molecule has 0 bridgehead atoms. The summed E-state index contributed by atoms with van der Waals surface area (Å²) in [6, 6.07) is 1.78. The van der Waals surface area contributed by atoms with E-state index in [0.29, 0.717) is 0 Å². The number of nitrogens with two attached hydrogens (primary N) is 1. The van der Waals surface area contributed by atoms with Gasteiger partial charge in [0.05, 0.1) is 0 Å². The predicted octanol–water partition coefficient (Wildman–Crippen LogP) is -0.642. The summed E-state index contributed by atoms with van der Waals surface area (Å²) in [5.41, 5.74) is 4.25. The molecule has 3 N–H and O–H groups in total. The third-order valence-electron chi connectivity index (χ3n) is 2.08. The quantitative estimate of drug-likeness (QED) is 0.710. The van der Waals surface area contributed by atoms with E-state index >= 15 is 0 Å². The number of carboxylic acid groups (broad SMARTS) is 1. The van der Waals surface area contributed by atoms with Crippen LogP contribution < -0.4 is 16.0 Å². The molecule has 92 valence electrons. The Balaban J connectivity index is 3.03. The standard InChI is InChI=1S/C10H12N2O5/c1-6(10(15)16)12-4-2-3-7(9(12)14)17-5-8(11)13/h2-4,6H,5H2,1H3,(H2,11,13)(H,15,16). The molecular weight excluding hydrogens is 228 g/mol. The molecular formula is C10H12N2O5. The van der Waals surface area contributed by atoms with E-state index in [9.17, 15) is 14.4 Å². The molecule has 0 spiro atoms.